The molecule has 0 spiro atoms. The highest BCUT2D eigenvalue weighted by Crippen LogP contribution is 2.27. The molecule has 0 amide bonds. The maximum atomic E-state index is 8.65. The molecule has 5 heteroatoms. The molecule has 1 saturated heterocycles. The molecule has 0 aromatic heterocycles. The predicted molar refractivity (Wildman–Crippen MR) is 93.6 cm³/mol. The van der Waals surface area contributed by atoms with Crippen molar-refractivity contribution in [2.75, 3.05) is 18.4 Å². The van der Waals surface area contributed by atoms with E-state index < -0.39 is 0 Å². The highest BCUT2D eigenvalue weighted by Gasteiger charge is 2.19. The molecule has 1 heterocycles. The average molecular weight is 307 g/mol. The second-order valence-electron chi connectivity index (χ2n) is 5.89. The Labute approximate surface area is 136 Å². The van der Waals surface area contributed by atoms with E-state index in [2.05, 4.69) is 50.6 Å². The normalized spacial score (nSPS) is 15.8. The molecule has 0 radical (unpaired) electrons. The summed E-state index contributed by atoms with van der Waals surface area (Å²) in [7, 11) is 0. The molecule has 0 atom stereocenters. The number of rotatable bonds is 5. The zero-order valence-electron chi connectivity index (χ0n) is 13.1. The van der Waals surface area contributed by atoms with E-state index in [-0.39, 0.29) is 0 Å². The first-order valence-electron chi connectivity index (χ1n) is 8.02. The van der Waals surface area contributed by atoms with E-state index in [0.29, 0.717) is 11.7 Å². The Morgan fingerprint density at radius 3 is 2.48 bits per heavy atom. The van der Waals surface area contributed by atoms with Crippen LogP contribution in [-0.2, 0) is 6.54 Å². The molecule has 0 saturated carbocycles. The van der Waals surface area contributed by atoms with Gasteiger partial charge < -0.3 is 5.32 Å². The van der Waals surface area contributed by atoms with E-state index in [0.717, 1.165) is 38.2 Å². The molecule has 1 fully saturated rings. The summed E-state index contributed by atoms with van der Waals surface area (Å²) in [6.07, 6.45) is 2.19. The Bertz CT molecular complexity index is 671. The van der Waals surface area contributed by atoms with Gasteiger partial charge in [0.2, 0.25) is 0 Å². The van der Waals surface area contributed by atoms with Crippen LogP contribution < -0.4 is 5.32 Å². The summed E-state index contributed by atoms with van der Waals surface area (Å²) in [5.74, 6) is 0. The number of nitrogens with one attached hydrogen (secondary N) is 1. The molecule has 2 aromatic carbocycles. The van der Waals surface area contributed by atoms with Crippen molar-refractivity contribution in [3.8, 4) is 0 Å². The van der Waals surface area contributed by atoms with Crippen molar-refractivity contribution in [2.45, 2.75) is 25.4 Å². The zero-order valence-corrected chi connectivity index (χ0v) is 13.1. The monoisotopic (exact) mass is 307 g/mol. The quantitative estimate of drug-likeness (QED) is 0.494. The summed E-state index contributed by atoms with van der Waals surface area (Å²) in [5.41, 5.74) is 11.6. The first kappa shape index (κ1) is 15.4. The van der Waals surface area contributed by atoms with Gasteiger partial charge >= 0.3 is 0 Å². The summed E-state index contributed by atoms with van der Waals surface area (Å²) in [5, 5.41) is 7.28. The maximum Gasteiger partial charge on any atom is 0.0607 e. The number of para-hydroxylation sites is 1. The van der Waals surface area contributed by atoms with Gasteiger partial charge in [-0.3, -0.25) is 4.90 Å². The van der Waals surface area contributed by atoms with Crippen molar-refractivity contribution in [3.05, 3.63) is 70.6 Å². The van der Waals surface area contributed by atoms with Crippen molar-refractivity contribution >= 4 is 11.4 Å². The summed E-state index contributed by atoms with van der Waals surface area (Å²) >= 11 is 0. The highest BCUT2D eigenvalue weighted by atomic mass is 15.2. The van der Waals surface area contributed by atoms with Crippen molar-refractivity contribution in [1.82, 2.24) is 4.90 Å². The van der Waals surface area contributed by atoms with Gasteiger partial charge in [-0.15, -0.1) is 0 Å². The van der Waals surface area contributed by atoms with Gasteiger partial charge in [0, 0.05) is 36.3 Å². The fraction of sp³-hybridized carbons (Fsp3) is 0.333. The second kappa shape index (κ2) is 7.68. The number of azide groups is 1. The van der Waals surface area contributed by atoms with Crippen LogP contribution in [0.25, 0.3) is 10.4 Å². The van der Waals surface area contributed by atoms with Crippen LogP contribution in [0.1, 0.15) is 18.4 Å². The molecule has 3 rings (SSSR count). The Kier molecular flexibility index (Phi) is 5.14. The smallest absolute Gasteiger partial charge is 0.0607 e. The lowest BCUT2D eigenvalue weighted by atomic mass is 10.0. The minimum absolute atomic E-state index is 0.428. The molecule has 0 unspecified atom stereocenters. The van der Waals surface area contributed by atoms with E-state index in [1.54, 1.807) is 0 Å². The lowest BCUT2D eigenvalue weighted by Gasteiger charge is -2.33. The van der Waals surface area contributed by atoms with E-state index in [9.17, 15) is 0 Å². The Balaban J connectivity index is 1.54. The number of piperidine rings is 1. The topological polar surface area (TPSA) is 64.0 Å². The van der Waals surface area contributed by atoms with Crippen LogP contribution in [0.2, 0.25) is 0 Å². The number of hydrogen-bond donors (Lipinski definition) is 1. The van der Waals surface area contributed by atoms with Gasteiger partial charge in [0.15, 0.2) is 0 Å². The lowest BCUT2D eigenvalue weighted by Crippen LogP contribution is -2.38. The second-order valence-corrected chi connectivity index (χ2v) is 5.89. The minimum Gasteiger partial charge on any atom is -0.382 e. The Morgan fingerprint density at radius 1 is 1.04 bits per heavy atom. The predicted octanol–water partition coefficient (Wildman–Crippen LogP) is 4.70. The fourth-order valence-corrected chi connectivity index (χ4v) is 3.03. The van der Waals surface area contributed by atoms with Gasteiger partial charge in [-0.1, -0.05) is 53.6 Å². The number of hydrogen-bond acceptors (Lipinski definition) is 3. The molecule has 118 valence electrons. The fourth-order valence-electron chi connectivity index (χ4n) is 3.03. The van der Waals surface area contributed by atoms with Crippen LogP contribution in [-0.4, -0.2) is 24.0 Å². The highest BCUT2D eigenvalue weighted by molar-refractivity contribution is 5.65. The first-order valence-corrected chi connectivity index (χ1v) is 8.02. The average Bonchev–Trinajstić information content (AvgIpc) is 2.60. The van der Waals surface area contributed by atoms with Crippen molar-refractivity contribution in [2.24, 2.45) is 5.11 Å². The van der Waals surface area contributed by atoms with E-state index in [1.165, 1.54) is 5.56 Å². The number of anilines is 1. The molecular formula is C18H21N5. The molecule has 0 bridgehead atoms. The van der Waals surface area contributed by atoms with Crippen LogP contribution in [0.4, 0.5) is 11.4 Å². The molecular weight excluding hydrogens is 286 g/mol. The van der Waals surface area contributed by atoms with Crippen LogP contribution in [0.3, 0.4) is 0 Å². The summed E-state index contributed by atoms with van der Waals surface area (Å²) in [6, 6.07) is 18.7. The number of likely N-dealkylation sites (tertiary alicyclic amines) is 1. The van der Waals surface area contributed by atoms with Gasteiger partial charge in [0.25, 0.3) is 0 Å². The van der Waals surface area contributed by atoms with Crippen molar-refractivity contribution < 1.29 is 0 Å². The van der Waals surface area contributed by atoms with Crippen LogP contribution in [0.15, 0.2) is 59.7 Å². The van der Waals surface area contributed by atoms with Gasteiger partial charge in [-0.25, -0.2) is 0 Å². The van der Waals surface area contributed by atoms with Gasteiger partial charge in [0.1, 0.15) is 0 Å². The van der Waals surface area contributed by atoms with Gasteiger partial charge in [0.05, 0.1) is 5.69 Å². The minimum atomic E-state index is 0.428. The standard InChI is InChI=1S/C18H21N5/c19-22-21-18-9-5-4-8-17(18)20-16-10-12-23(13-11-16)14-15-6-2-1-3-7-15/h1-9,16,20H,10-14H2. The van der Waals surface area contributed by atoms with E-state index in [4.69, 9.17) is 5.53 Å². The van der Waals surface area contributed by atoms with Crippen LogP contribution >= 0.6 is 0 Å². The van der Waals surface area contributed by atoms with E-state index in [1.807, 2.05) is 24.3 Å². The third kappa shape index (κ3) is 4.25. The Hall–Kier alpha value is -2.49. The van der Waals surface area contributed by atoms with Gasteiger partial charge in [-0.2, -0.15) is 0 Å². The zero-order chi connectivity index (χ0) is 15.9. The molecule has 1 aliphatic rings. The molecule has 1 N–H and O–H groups in total. The summed E-state index contributed by atoms with van der Waals surface area (Å²) in [4.78, 5) is 5.39. The van der Waals surface area contributed by atoms with Crippen molar-refractivity contribution in [3.63, 3.8) is 0 Å². The number of benzene rings is 2. The molecule has 5 nitrogen and oxygen atoms in total. The largest absolute Gasteiger partial charge is 0.382 e. The lowest BCUT2D eigenvalue weighted by molar-refractivity contribution is 0.211. The first-order chi connectivity index (χ1) is 11.3. The third-order valence-electron chi connectivity index (χ3n) is 4.25. The maximum absolute atomic E-state index is 8.65. The molecule has 23 heavy (non-hydrogen) atoms. The Morgan fingerprint density at radius 2 is 1.74 bits per heavy atom. The molecule has 1 aliphatic heterocycles. The molecule has 2 aromatic rings. The van der Waals surface area contributed by atoms with Gasteiger partial charge in [-0.05, 0) is 30.0 Å². The van der Waals surface area contributed by atoms with Crippen LogP contribution in [0.5, 0.6) is 0 Å². The molecule has 0 aliphatic carbocycles. The van der Waals surface area contributed by atoms with Crippen LogP contribution in [0, 0.1) is 0 Å². The SMILES string of the molecule is [N-]=[N+]=Nc1ccccc1NC1CCN(Cc2ccccc2)CC1. The summed E-state index contributed by atoms with van der Waals surface area (Å²) in [6.45, 7) is 3.18. The van der Waals surface area contributed by atoms with E-state index >= 15 is 0 Å². The van der Waals surface area contributed by atoms with Crippen molar-refractivity contribution in [1.29, 1.82) is 0 Å². The summed E-state index contributed by atoms with van der Waals surface area (Å²) < 4.78 is 0. The number of nitrogens with zero attached hydrogens (tertiary/aromatic N) is 4. The third-order valence-corrected chi connectivity index (χ3v) is 4.25.